The number of hydrogen-bond acceptors (Lipinski definition) is 8. The molecule has 0 amide bonds. The molecule has 9 heteroatoms. The molecule has 4 rings (SSSR count). The molecule has 0 aliphatic carbocycles. The molecular weight excluding hydrogens is 396 g/mol. The fourth-order valence-electron chi connectivity index (χ4n) is 3.34. The molecule has 0 spiro atoms. The molecule has 3 aromatic rings. The number of benzene rings is 1. The van der Waals surface area contributed by atoms with E-state index in [9.17, 15) is 9.90 Å². The molecule has 1 aromatic carbocycles. The lowest BCUT2D eigenvalue weighted by Gasteiger charge is -2.24. The Balaban J connectivity index is 0.00000132. The van der Waals surface area contributed by atoms with Crippen LogP contribution in [0.3, 0.4) is 0 Å². The Hall–Kier alpha value is -3.45. The minimum Gasteiger partial charge on any atom is -0.508 e. The van der Waals surface area contributed by atoms with Gasteiger partial charge in [0.05, 0.1) is 37.2 Å². The van der Waals surface area contributed by atoms with Gasteiger partial charge in [-0.1, -0.05) is 12.0 Å². The van der Waals surface area contributed by atoms with E-state index in [1.165, 1.54) is 7.05 Å². The number of carbonyl (C=O) groups is 1. The molecule has 0 radical (unpaired) electrons. The number of rotatable bonds is 3. The van der Waals surface area contributed by atoms with Gasteiger partial charge in [0.25, 0.3) is 0 Å². The van der Waals surface area contributed by atoms with Crippen molar-refractivity contribution >= 4 is 23.3 Å². The number of aryl methyl sites for hydroxylation is 1. The van der Waals surface area contributed by atoms with E-state index in [4.69, 9.17) is 10.5 Å². The van der Waals surface area contributed by atoms with Gasteiger partial charge in [-0.3, -0.25) is 14.3 Å². The second kappa shape index (κ2) is 10.0. The Bertz CT molecular complexity index is 1140. The van der Waals surface area contributed by atoms with E-state index in [2.05, 4.69) is 32.4 Å². The van der Waals surface area contributed by atoms with E-state index in [1.807, 2.05) is 6.92 Å². The van der Waals surface area contributed by atoms with Gasteiger partial charge in [0.15, 0.2) is 11.9 Å². The summed E-state index contributed by atoms with van der Waals surface area (Å²) >= 11 is 0. The third kappa shape index (κ3) is 4.67. The van der Waals surface area contributed by atoms with Gasteiger partial charge >= 0.3 is 0 Å². The summed E-state index contributed by atoms with van der Waals surface area (Å²) in [6.45, 7) is 5.67. The first-order chi connectivity index (χ1) is 15.1. The summed E-state index contributed by atoms with van der Waals surface area (Å²) in [5.41, 5.74) is 13.8. The summed E-state index contributed by atoms with van der Waals surface area (Å²) in [6.07, 6.45) is 2.21. The van der Waals surface area contributed by atoms with Crippen molar-refractivity contribution in [1.82, 2.24) is 19.4 Å². The van der Waals surface area contributed by atoms with Gasteiger partial charge in [-0.25, -0.2) is 9.97 Å². The number of hydrogen-bond donors (Lipinski definition) is 3. The van der Waals surface area contributed by atoms with Crippen molar-refractivity contribution in [3.8, 4) is 23.3 Å². The number of fused-ring (bicyclic) bond motifs is 1. The Morgan fingerprint density at radius 1 is 1.29 bits per heavy atom. The number of anilines is 1. The largest absolute Gasteiger partial charge is 0.508 e. The SMILES string of the molecule is CN.Cc1ccc(O)cc1-n1c(N)c(C=O)c2ncc(C#CCN3CCOCC3)nc21. The van der Waals surface area contributed by atoms with Crippen LogP contribution in [0.2, 0.25) is 0 Å². The van der Waals surface area contributed by atoms with Crippen LogP contribution in [-0.4, -0.2) is 70.7 Å². The lowest BCUT2D eigenvalue weighted by molar-refractivity contribution is 0.0443. The predicted molar refractivity (Wildman–Crippen MR) is 119 cm³/mol. The van der Waals surface area contributed by atoms with Gasteiger partial charge in [-0.05, 0) is 31.5 Å². The molecule has 1 aliphatic rings. The zero-order valence-corrected chi connectivity index (χ0v) is 17.6. The van der Waals surface area contributed by atoms with E-state index in [0.717, 1.165) is 31.9 Å². The van der Waals surface area contributed by atoms with Crippen LogP contribution in [0.5, 0.6) is 5.75 Å². The molecule has 162 valence electrons. The van der Waals surface area contributed by atoms with Gasteiger partial charge in [0.1, 0.15) is 22.8 Å². The molecular formula is C22H26N6O3. The van der Waals surface area contributed by atoms with Crippen molar-refractivity contribution in [2.24, 2.45) is 5.73 Å². The minimum absolute atomic E-state index is 0.0916. The molecule has 0 atom stereocenters. The van der Waals surface area contributed by atoms with Gasteiger partial charge < -0.3 is 21.3 Å². The lowest BCUT2D eigenvalue weighted by Crippen LogP contribution is -2.36. The predicted octanol–water partition coefficient (Wildman–Crippen LogP) is 1.09. The highest BCUT2D eigenvalue weighted by atomic mass is 16.5. The van der Waals surface area contributed by atoms with Crippen LogP contribution in [0.4, 0.5) is 5.82 Å². The van der Waals surface area contributed by atoms with E-state index >= 15 is 0 Å². The van der Waals surface area contributed by atoms with Crippen LogP contribution in [0.1, 0.15) is 21.6 Å². The molecule has 9 nitrogen and oxygen atoms in total. The van der Waals surface area contributed by atoms with Crippen LogP contribution in [-0.2, 0) is 4.74 Å². The monoisotopic (exact) mass is 422 g/mol. The van der Waals surface area contributed by atoms with Crippen molar-refractivity contribution in [1.29, 1.82) is 0 Å². The fourth-order valence-corrected chi connectivity index (χ4v) is 3.34. The molecule has 3 heterocycles. The van der Waals surface area contributed by atoms with Crippen LogP contribution in [0, 0.1) is 18.8 Å². The molecule has 5 N–H and O–H groups in total. The number of nitrogens with zero attached hydrogens (tertiary/aromatic N) is 4. The zero-order chi connectivity index (χ0) is 22.4. The van der Waals surface area contributed by atoms with Crippen molar-refractivity contribution < 1.29 is 14.6 Å². The molecule has 31 heavy (non-hydrogen) atoms. The number of nitrogen functional groups attached to an aromatic ring is 1. The second-order valence-corrected chi connectivity index (χ2v) is 6.84. The molecule has 2 aromatic heterocycles. The van der Waals surface area contributed by atoms with Crippen LogP contribution in [0.25, 0.3) is 16.9 Å². The molecule has 1 fully saturated rings. The van der Waals surface area contributed by atoms with Gasteiger partial charge in [0.2, 0.25) is 0 Å². The quantitative estimate of drug-likeness (QED) is 0.422. The standard InChI is InChI=1S/C21H21N5O3.CH5N/c1-14-4-5-16(28)11-18(14)26-20(22)17(13-27)19-21(26)24-15(12-23-19)3-2-6-25-7-9-29-10-8-25;1-2/h4-5,11-13,28H,6-10,22H2,1H3;2H2,1H3. The molecule has 0 saturated carbocycles. The third-order valence-electron chi connectivity index (χ3n) is 4.91. The first-order valence-corrected chi connectivity index (χ1v) is 9.87. The third-order valence-corrected chi connectivity index (χ3v) is 4.91. The van der Waals surface area contributed by atoms with Gasteiger partial charge in [-0.15, -0.1) is 0 Å². The van der Waals surface area contributed by atoms with Gasteiger partial charge in [0, 0.05) is 19.2 Å². The number of morpholine rings is 1. The van der Waals surface area contributed by atoms with Crippen molar-refractivity contribution in [2.75, 3.05) is 45.6 Å². The maximum Gasteiger partial charge on any atom is 0.167 e. The summed E-state index contributed by atoms with van der Waals surface area (Å²) in [7, 11) is 1.50. The lowest BCUT2D eigenvalue weighted by atomic mass is 10.2. The number of phenolic OH excluding ortho intramolecular Hbond substituents is 1. The average molecular weight is 422 g/mol. The molecule has 0 unspecified atom stereocenters. The first-order valence-electron chi connectivity index (χ1n) is 9.87. The molecule has 1 aliphatic heterocycles. The summed E-state index contributed by atoms with van der Waals surface area (Å²) < 4.78 is 6.97. The van der Waals surface area contributed by atoms with E-state index in [-0.39, 0.29) is 17.1 Å². The summed E-state index contributed by atoms with van der Waals surface area (Å²) in [6, 6.07) is 4.95. The van der Waals surface area contributed by atoms with Crippen LogP contribution >= 0.6 is 0 Å². The maximum atomic E-state index is 11.6. The Morgan fingerprint density at radius 3 is 2.74 bits per heavy atom. The maximum absolute atomic E-state index is 11.6. The normalized spacial score (nSPS) is 13.8. The zero-order valence-electron chi connectivity index (χ0n) is 17.6. The molecule has 1 saturated heterocycles. The minimum atomic E-state index is 0.0916. The number of aromatic nitrogens is 3. The van der Waals surface area contributed by atoms with E-state index < -0.39 is 0 Å². The van der Waals surface area contributed by atoms with Gasteiger partial charge in [-0.2, -0.15) is 0 Å². The first kappa shape index (κ1) is 22.2. The second-order valence-electron chi connectivity index (χ2n) is 6.84. The Kier molecular flexibility index (Phi) is 7.20. The number of aldehydes is 1. The van der Waals surface area contributed by atoms with Crippen molar-refractivity contribution in [3.63, 3.8) is 0 Å². The average Bonchev–Trinajstić information content (AvgIpc) is 3.08. The van der Waals surface area contributed by atoms with Crippen molar-refractivity contribution in [2.45, 2.75) is 6.92 Å². The Morgan fingerprint density at radius 2 is 2.03 bits per heavy atom. The fraction of sp³-hybridized carbons (Fsp3) is 0.318. The molecule has 0 bridgehead atoms. The van der Waals surface area contributed by atoms with Crippen LogP contribution < -0.4 is 11.5 Å². The number of aromatic hydroxyl groups is 1. The summed E-state index contributed by atoms with van der Waals surface area (Å²) in [5, 5.41) is 9.92. The summed E-state index contributed by atoms with van der Waals surface area (Å²) in [5.74, 6) is 6.47. The highest BCUT2D eigenvalue weighted by Gasteiger charge is 2.20. The highest BCUT2D eigenvalue weighted by molar-refractivity contribution is 6.01. The van der Waals surface area contributed by atoms with Crippen molar-refractivity contribution in [3.05, 3.63) is 41.2 Å². The number of ether oxygens (including phenoxy) is 1. The highest BCUT2D eigenvalue weighted by Crippen LogP contribution is 2.31. The number of carbonyl (C=O) groups excluding carboxylic acids is 1. The smallest absolute Gasteiger partial charge is 0.167 e. The van der Waals surface area contributed by atoms with E-state index in [1.54, 1.807) is 29.0 Å². The summed E-state index contributed by atoms with van der Waals surface area (Å²) in [4.78, 5) is 22.8. The van der Waals surface area contributed by atoms with E-state index in [0.29, 0.717) is 35.4 Å². The topological polar surface area (TPSA) is 133 Å². The number of phenols is 1. The van der Waals surface area contributed by atoms with Crippen LogP contribution in [0.15, 0.2) is 24.4 Å². The number of nitrogens with two attached hydrogens (primary N) is 2. The Labute approximate surface area is 180 Å².